The Hall–Kier alpha value is -2.11. The number of hydrogen-bond acceptors (Lipinski definition) is 4. The standard InChI is InChI=1S/C20H20BrNO3/c1-13(24-2)16-9-15-11-22(10-14-7-5-4-6-8-14)12-17(15)19(21)18(16)20(23)25-3/h4-9H,1,10-12H2,2-3H3. The molecule has 1 aliphatic heterocycles. The second-order valence-electron chi connectivity index (χ2n) is 6.00. The van der Waals surface area contributed by atoms with E-state index in [9.17, 15) is 4.79 Å². The van der Waals surface area contributed by atoms with E-state index in [2.05, 4.69) is 39.5 Å². The molecule has 3 rings (SSSR count). The summed E-state index contributed by atoms with van der Waals surface area (Å²) in [6.07, 6.45) is 0. The van der Waals surface area contributed by atoms with E-state index in [1.54, 1.807) is 7.11 Å². The summed E-state index contributed by atoms with van der Waals surface area (Å²) < 4.78 is 11.0. The Bertz CT molecular complexity index is 817. The second kappa shape index (κ2) is 7.42. The number of methoxy groups -OCH3 is 2. The molecule has 1 heterocycles. The van der Waals surface area contributed by atoms with Crippen LogP contribution in [-0.4, -0.2) is 25.1 Å². The number of halogens is 1. The summed E-state index contributed by atoms with van der Waals surface area (Å²) in [6.45, 7) is 6.35. The number of carbonyl (C=O) groups is 1. The first kappa shape index (κ1) is 17.7. The van der Waals surface area contributed by atoms with Gasteiger partial charge in [-0.2, -0.15) is 0 Å². The number of ether oxygens (including phenoxy) is 2. The van der Waals surface area contributed by atoms with Gasteiger partial charge in [0.2, 0.25) is 0 Å². The summed E-state index contributed by atoms with van der Waals surface area (Å²) in [4.78, 5) is 14.6. The van der Waals surface area contributed by atoms with E-state index in [4.69, 9.17) is 9.47 Å². The van der Waals surface area contributed by atoms with Crippen LogP contribution in [0, 0.1) is 0 Å². The van der Waals surface area contributed by atoms with Gasteiger partial charge in [-0.05, 0) is 38.7 Å². The van der Waals surface area contributed by atoms with Crippen molar-refractivity contribution in [1.82, 2.24) is 4.90 Å². The Balaban J connectivity index is 1.96. The van der Waals surface area contributed by atoms with Crippen LogP contribution in [0.1, 0.15) is 32.6 Å². The van der Waals surface area contributed by atoms with E-state index in [0.29, 0.717) is 16.9 Å². The van der Waals surface area contributed by atoms with Gasteiger partial charge in [0.1, 0.15) is 5.76 Å². The molecule has 0 aromatic heterocycles. The van der Waals surface area contributed by atoms with Crippen molar-refractivity contribution >= 4 is 27.7 Å². The van der Waals surface area contributed by atoms with Crippen molar-refractivity contribution < 1.29 is 14.3 Å². The van der Waals surface area contributed by atoms with Crippen LogP contribution < -0.4 is 0 Å². The molecule has 0 bridgehead atoms. The number of carbonyl (C=O) groups excluding carboxylic acids is 1. The molecule has 130 valence electrons. The molecule has 0 spiro atoms. The zero-order valence-corrected chi connectivity index (χ0v) is 15.9. The van der Waals surface area contributed by atoms with Gasteiger partial charge in [-0.25, -0.2) is 4.79 Å². The molecule has 0 saturated heterocycles. The molecule has 2 aromatic rings. The zero-order chi connectivity index (χ0) is 18.0. The van der Waals surface area contributed by atoms with E-state index < -0.39 is 5.97 Å². The first-order chi connectivity index (χ1) is 12.0. The fourth-order valence-electron chi connectivity index (χ4n) is 3.16. The van der Waals surface area contributed by atoms with Crippen LogP contribution in [0.15, 0.2) is 47.4 Å². The lowest BCUT2D eigenvalue weighted by Gasteiger charge is -2.15. The summed E-state index contributed by atoms with van der Waals surface area (Å²) in [5.74, 6) is 0.0507. The molecule has 0 amide bonds. The van der Waals surface area contributed by atoms with Gasteiger partial charge in [-0.1, -0.05) is 36.9 Å². The highest BCUT2D eigenvalue weighted by Crippen LogP contribution is 2.37. The topological polar surface area (TPSA) is 38.8 Å². The molecule has 0 unspecified atom stereocenters. The average molecular weight is 402 g/mol. The van der Waals surface area contributed by atoms with E-state index in [0.717, 1.165) is 29.7 Å². The van der Waals surface area contributed by atoms with Crippen molar-refractivity contribution in [2.45, 2.75) is 19.6 Å². The number of esters is 1. The maximum atomic E-state index is 12.3. The first-order valence-electron chi connectivity index (χ1n) is 7.97. The summed E-state index contributed by atoms with van der Waals surface area (Å²) in [6, 6.07) is 12.3. The Labute approximate surface area is 156 Å². The fraction of sp³-hybridized carbons (Fsp3) is 0.250. The summed E-state index contributed by atoms with van der Waals surface area (Å²) in [7, 11) is 2.93. The molecule has 2 aromatic carbocycles. The highest BCUT2D eigenvalue weighted by molar-refractivity contribution is 9.10. The quantitative estimate of drug-likeness (QED) is 0.550. The summed E-state index contributed by atoms with van der Waals surface area (Å²) in [5.41, 5.74) is 4.69. The van der Waals surface area contributed by atoms with Gasteiger partial charge < -0.3 is 9.47 Å². The largest absolute Gasteiger partial charge is 0.497 e. The normalized spacial score (nSPS) is 13.4. The molecule has 25 heavy (non-hydrogen) atoms. The first-order valence-corrected chi connectivity index (χ1v) is 8.76. The molecular weight excluding hydrogens is 382 g/mol. The summed E-state index contributed by atoms with van der Waals surface area (Å²) in [5, 5.41) is 0. The van der Waals surface area contributed by atoms with Crippen molar-refractivity contribution in [3.8, 4) is 0 Å². The Morgan fingerprint density at radius 3 is 2.56 bits per heavy atom. The number of hydrogen-bond donors (Lipinski definition) is 0. The Morgan fingerprint density at radius 1 is 1.20 bits per heavy atom. The smallest absolute Gasteiger partial charge is 0.339 e. The van der Waals surface area contributed by atoms with Crippen LogP contribution in [0.25, 0.3) is 5.76 Å². The van der Waals surface area contributed by atoms with E-state index >= 15 is 0 Å². The van der Waals surface area contributed by atoms with E-state index in [1.807, 2.05) is 24.3 Å². The Kier molecular flexibility index (Phi) is 5.25. The number of nitrogens with zero attached hydrogens (tertiary/aromatic N) is 1. The molecule has 0 aliphatic carbocycles. The van der Waals surface area contributed by atoms with Crippen molar-refractivity contribution in [3.05, 3.63) is 75.3 Å². The minimum Gasteiger partial charge on any atom is -0.497 e. The minimum atomic E-state index is -0.399. The monoisotopic (exact) mass is 401 g/mol. The van der Waals surface area contributed by atoms with Gasteiger partial charge in [-0.3, -0.25) is 4.90 Å². The third kappa shape index (κ3) is 3.48. The van der Waals surface area contributed by atoms with Crippen LogP contribution in [-0.2, 0) is 29.1 Å². The van der Waals surface area contributed by atoms with Crippen LogP contribution in [0.2, 0.25) is 0 Å². The van der Waals surface area contributed by atoms with Crippen LogP contribution in [0.4, 0.5) is 0 Å². The molecule has 0 N–H and O–H groups in total. The molecule has 5 heteroatoms. The van der Waals surface area contributed by atoms with Gasteiger partial charge in [-0.15, -0.1) is 0 Å². The highest BCUT2D eigenvalue weighted by Gasteiger charge is 2.28. The lowest BCUT2D eigenvalue weighted by atomic mass is 9.99. The molecular formula is C20H20BrNO3. The van der Waals surface area contributed by atoms with Gasteiger partial charge in [0.05, 0.1) is 19.8 Å². The zero-order valence-electron chi connectivity index (χ0n) is 14.3. The minimum absolute atomic E-state index is 0.399. The Morgan fingerprint density at radius 2 is 1.92 bits per heavy atom. The fourth-order valence-corrected chi connectivity index (χ4v) is 3.92. The van der Waals surface area contributed by atoms with Gasteiger partial charge in [0.25, 0.3) is 0 Å². The molecule has 0 radical (unpaired) electrons. The predicted molar refractivity (Wildman–Crippen MR) is 101 cm³/mol. The summed E-state index contributed by atoms with van der Waals surface area (Å²) >= 11 is 3.61. The van der Waals surface area contributed by atoms with Crippen molar-refractivity contribution in [2.75, 3.05) is 14.2 Å². The third-order valence-corrected chi connectivity index (χ3v) is 5.30. The van der Waals surface area contributed by atoms with Crippen LogP contribution >= 0.6 is 15.9 Å². The van der Waals surface area contributed by atoms with E-state index in [1.165, 1.54) is 18.2 Å². The molecule has 0 fully saturated rings. The number of rotatable bonds is 5. The number of benzene rings is 2. The van der Waals surface area contributed by atoms with Crippen LogP contribution in [0.5, 0.6) is 0 Å². The van der Waals surface area contributed by atoms with E-state index in [-0.39, 0.29) is 0 Å². The maximum absolute atomic E-state index is 12.3. The SMILES string of the molecule is C=C(OC)c1cc2c(c(Br)c1C(=O)OC)CN(Cc1ccccc1)C2. The molecule has 1 aliphatic rings. The average Bonchev–Trinajstić information content (AvgIpc) is 3.04. The molecule has 4 nitrogen and oxygen atoms in total. The van der Waals surface area contributed by atoms with Crippen molar-refractivity contribution in [1.29, 1.82) is 0 Å². The predicted octanol–water partition coefficient (Wildman–Crippen LogP) is 4.37. The highest BCUT2D eigenvalue weighted by atomic mass is 79.9. The maximum Gasteiger partial charge on any atom is 0.339 e. The second-order valence-corrected chi connectivity index (χ2v) is 6.79. The third-order valence-electron chi connectivity index (χ3n) is 4.42. The van der Waals surface area contributed by atoms with Gasteiger partial charge in [0.15, 0.2) is 0 Å². The van der Waals surface area contributed by atoms with Crippen molar-refractivity contribution in [3.63, 3.8) is 0 Å². The van der Waals surface area contributed by atoms with Gasteiger partial charge >= 0.3 is 5.97 Å². The lowest BCUT2D eigenvalue weighted by molar-refractivity contribution is 0.0598. The molecule has 0 atom stereocenters. The van der Waals surface area contributed by atoms with Crippen LogP contribution in [0.3, 0.4) is 0 Å². The van der Waals surface area contributed by atoms with Gasteiger partial charge in [0, 0.05) is 29.7 Å². The molecule has 0 saturated carbocycles. The number of fused-ring (bicyclic) bond motifs is 1. The lowest BCUT2D eigenvalue weighted by Crippen LogP contribution is -2.15. The van der Waals surface area contributed by atoms with Crippen molar-refractivity contribution in [2.24, 2.45) is 0 Å².